The number of ether oxygens (including phenoxy) is 1. The van der Waals surface area contributed by atoms with Gasteiger partial charge < -0.3 is 20.5 Å². The zero-order valence-corrected chi connectivity index (χ0v) is 11.2. The average Bonchev–Trinajstić information content (AvgIpc) is 2.60. The summed E-state index contributed by atoms with van der Waals surface area (Å²) in [5.74, 6) is -1.03. The standard InChI is InChI=1S/C12H22N2O4/c1-4-14(8(2)5-10(15)16)11(17)12(3)7-18-6-9(12)13/h8-9H,4-7,13H2,1-3H3,(H,15,16). The molecule has 1 aliphatic heterocycles. The second-order valence-corrected chi connectivity index (χ2v) is 5.08. The molecule has 1 saturated heterocycles. The van der Waals surface area contributed by atoms with Crippen molar-refractivity contribution in [2.75, 3.05) is 19.8 Å². The van der Waals surface area contributed by atoms with E-state index in [2.05, 4.69) is 0 Å². The fraction of sp³-hybridized carbons (Fsp3) is 0.833. The van der Waals surface area contributed by atoms with Crippen LogP contribution in [0.25, 0.3) is 0 Å². The molecule has 104 valence electrons. The van der Waals surface area contributed by atoms with Gasteiger partial charge >= 0.3 is 5.97 Å². The number of carboxylic acids is 1. The number of amides is 1. The molecule has 1 rings (SSSR count). The van der Waals surface area contributed by atoms with Crippen molar-refractivity contribution < 1.29 is 19.4 Å². The maximum Gasteiger partial charge on any atom is 0.305 e. The first-order valence-electron chi connectivity index (χ1n) is 6.19. The van der Waals surface area contributed by atoms with Crippen molar-refractivity contribution in [1.29, 1.82) is 0 Å². The highest BCUT2D eigenvalue weighted by Gasteiger charge is 2.46. The Kier molecular flexibility index (Phi) is 4.70. The number of rotatable bonds is 5. The zero-order chi connectivity index (χ0) is 13.9. The first-order valence-corrected chi connectivity index (χ1v) is 6.19. The summed E-state index contributed by atoms with van der Waals surface area (Å²) >= 11 is 0. The van der Waals surface area contributed by atoms with Crippen LogP contribution < -0.4 is 5.73 Å². The van der Waals surface area contributed by atoms with E-state index in [1.54, 1.807) is 18.7 Å². The van der Waals surface area contributed by atoms with E-state index in [9.17, 15) is 9.59 Å². The highest BCUT2D eigenvalue weighted by Crippen LogP contribution is 2.30. The van der Waals surface area contributed by atoms with Gasteiger partial charge in [0.25, 0.3) is 0 Å². The highest BCUT2D eigenvalue weighted by molar-refractivity contribution is 5.84. The van der Waals surface area contributed by atoms with Gasteiger partial charge in [0.1, 0.15) is 0 Å². The molecule has 1 fully saturated rings. The molecule has 0 bridgehead atoms. The van der Waals surface area contributed by atoms with Crippen LogP contribution in [0.15, 0.2) is 0 Å². The lowest BCUT2D eigenvalue weighted by Crippen LogP contribution is -2.54. The second-order valence-electron chi connectivity index (χ2n) is 5.08. The molecule has 3 unspecified atom stereocenters. The lowest BCUT2D eigenvalue weighted by atomic mass is 9.83. The number of hydrogen-bond acceptors (Lipinski definition) is 4. The SMILES string of the molecule is CCN(C(=O)C1(C)COCC1N)C(C)CC(=O)O. The van der Waals surface area contributed by atoms with E-state index >= 15 is 0 Å². The van der Waals surface area contributed by atoms with Crippen LogP contribution in [0.4, 0.5) is 0 Å². The molecule has 0 saturated carbocycles. The molecule has 18 heavy (non-hydrogen) atoms. The Balaban J connectivity index is 2.82. The number of hydrogen-bond donors (Lipinski definition) is 2. The molecule has 1 amide bonds. The van der Waals surface area contributed by atoms with Crippen LogP contribution in [0.5, 0.6) is 0 Å². The first kappa shape index (κ1) is 14.9. The van der Waals surface area contributed by atoms with Gasteiger partial charge in [-0.25, -0.2) is 0 Å². The van der Waals surface area contributed by atoms with Crippen LogP contribution in [0.3, 0.4) is 0 Å². The van der Waals surface area contributed by atoms with Gasteiger partial charge in [-0.2, -0.15) is 0 Å². The number of carboxylic acid groups (broad SMARTS) is 1. The number of aliphatic carboxylic acids is 1. The highest BCUT2D eigenvalue weighted by atomic mass is 16.5. The van der Waals surface area contributed by atoms with Gasteiger partial charge in [-0.15, -0.1) is 0 Å². The number of nitrogens with zero attached hydrogens (tertiary/aromatic N) is 1. The minimum atomic E-state index is -0.911. The van der Waals surface area contributed by atoms with Crippen LogP contribution in [-0.2, 0) is 14.3 Å². The molecular weight excluding hydrogens is 236 g/mol. The fourth-order valence-electron chi connectivity index (χ4n) is 2.26. The van der Waals surface area contributed by atoms with E-state index in [-0.39, 0.29) is 24.4 Å². The van der Waals surface area contributed by atoms with Crippen LogP contribution in [0, 0.1) is 5.41 Å². The van der Waals surface area contributed by atoms with Gasteiger partial charge in [-0.05, 0) is 20.8 Å². The van der Waals surface area contributed by atoms with Crippen molar-refractivity contribution in [2.24, 2.45) is 11.1 Å². The quantitative estimate of drug-likeness (QED) is 0.727. The molecule has 3 N–H and O–H groups in total. The van der Waals surface area contributed by atoms with Crippen molar-refractivity contribution in [3.8, 4) is 0 Å². The molecule has 3 atom stereocenters. The summed E-state index contributed by atoms with van der Waals surface area (Å²) < 4.78 is 5.26. The smallest absolute Gasteiger partial charge is 0.305 e. The number of nitrogens with two attached hydrogens (primary N) is 1. The summed E-state index contributed by atoms with van der Waals surface area (Å²) in [4.78, 5) is 24.8. The molecule has 1 aliphatic rings. The first-order chi connectivity index (χ1) is 8.32. The van der Waals surface area contributed by atoms with Crippen molar-refractivity contribution >= 4 is 11.9 Å². The van der Waals surface area contributed by atoms with Crippen LogP contribution >= 0.6 is 0 Å². The predicted molar refractivity (Wildman–Crippen MR) is 66.0 cm³/mol. The Morgan fingerprint density at radius 2 is 2.22 bits per heavy atom. The second kappa shape index (κ2) is 5.67. The molecule has 0 aromatic rings. The van der Waals surface area contributed by atoms with Crippen LogP contribution in [-0.4, -0.2) is 53.7 Å². The normalized spacial score (nSPS) is 29.0. The summed E-state index contributed by atoms with van der Waals surface area (Å²) in [5.41, 5.74) is 5.17. The summed E-state index contributed by atoms with van der Waals surface area (Å²) in [5, 5.41) is 8.80. The van der Waals surface area contributed by atoms with Gasteiger partial charge in [0, 0.05) is 18.6 Å². The minimum absolute atomic E-state index is 0.0637. The van der Waals surface area contributed by atoms with E-state index in [1.807, 2.05) is 6.92 Å². The van der Waals surface area contributed by atoms with E-state index in [0.29, 0.717) is 19.8 Å². The van der Waals surface area contributed by atoms with Crippen molar-refractivity contribution in [2.45, 2.75) is 39.3 Å². The van der Waals surface area contributed by atoms with Gasteiger partial charge in [0.05, 0.1) is 25.0 Å². The van der Waals surface area contributed by atoms with Crippen molar-refractivity contribution in [1.82, 2.24) is 4.90 Å². The Morgan fingerprint density at radius 1 is 1.61 bits per heavy atom. The third-order valence-corrected chi connectivity index (χ3v) is 3.61. The van der Waals surface area contributed by atoms with E-state index < -0.39 is 11.4 Å². The average molecular weight is 258 g/mol. The fourth-order valence-corrected chi connectivity index (χ4v) is 2.26. The maximum absolute atomic E-state index is 12.5. The summed E-state index contributed by atoms with van der Waals surface area (Å²) in [6, 6.07) is -0.680. The Bertz CT molecular complexity index is 334. The maximum atomic E-state index is 12.5. The molecule has 6 heteroatoms. The van der Waals surface area contributed by atoms with E-state index in [0.717, 1.165) is 0 Å². The minimum Gasteiger partial charge on any atom is -0.481 e. The lowest BCUT2D eigenvalue weighted by Gasteiger charge is -2.35. The number of carbonyl (C=O) groups is 2. The molecule has 0 spiro atoms. The van der Waals surface area contributed by atoms with Crippen molar-refractivity contribution in [3.63, 3.8) is 0 Å². The zero-order valence-electron chi connectivity index (χ0n) is 11.2. The van der Waals surface area contributed by atoms with Gasteiger partial charge in [0.15, 0.2) is 0 Å². The van der Waals surface area contributed by atoms with E-state index in [4.69, 9.17) is 15.6 Å². The monoisotopic (exact) mass is 258 g/mol. The van der Waals surface area contributed by atoms with Gasteiger partial charge in [0.2, 0.25) is 5.91 Å². The Morgan fingerprint density at radius 3 is 2.61 bits per heavy atom. The lowest BCUT2D eigenvalue weighted by molar-refractivity contribution is -0.146. The van der Waals surface area contributed by atoms with Gasteiger partial charge in [-0.1, -0.05) is 0 Å². The van der Waals surface area contributed by atoms with E-state index in [1.165, 1.54) is 0 Å². The summed E-state index contributed by atoms with van der Waals surface area (Å²) in [6.45, 7) is 6.48. The topological polar surface area (TPSA) is 92.9 Å². The molecule has 0 radical (unpaired) electrons. The van der Waals surface area contributed by atoms with Gasteiger partial charge in [-0.3, -0.25) is 9.59 Å². The Labute approximate surface area is 107 Å². The molecule has 6 nitrogen and oxygen atoms in total. The molecule has 0 aromatic heterocycles. The molecule has 1 heterocycles. The molecule has 0 aliphatic carbocycles. The molecule has 0 aromatic carbocycles. The third kappa shape index (κ3) is 2.81. The predicted octanol–water partition coefficient (Wildman–Crippen LogP) is 0.0619. The largest absolute Gasteiger partial charge is 0.481 e. The molecular formula is C12H22N2O4. The third-order valence-electron chi connectivity index (χ3n) is 3.61. The number of carbonyl (C=O) groups excluding carboxylic acids is 1. The Hall–Kier alpha value is -1.14. The van der Waals surface area contributed by atoms with Crippen LogP contribution in [0.1, 0.15) is 27.2 Å². The van der Waals surface area contributed by atoms with Crippen LogP contribution in [0.2, 0.25) is 0 Å². The van der Waals surface area contributed by atoms with Crippen molar-refractivity contribution in [3.05, 3.63) is 0 Å². The summed E-state index contributed by atoms with van der Waals surface area (Å²) in [6.07, 6.45) is -0.0637. The summed E-state index contributed by atoms with van der Waals surface area (Å²) in [7, 11) is 0.